The predicted molar refractivity (Wildman–Crippen MR) is 209 cm³/mol. The second kappa shape index (κ2) is 21.4. The minimum absolute atomic E-state index is 0. The maximum absolute atomic E-state index is 12.4. The van der Waals surface area contributed by atoms with Gasteiger partial charge in [-0.15, -0.1) is 0 Å². The summed E-state index contributed by atoms with van der Waals surface area (Å²) in [5.41, 5.74) is 2.91. The number of rotatable bonds is 7. The Morgan fingerprint density at radius 1 is 0.849 bits per heavy atom. The van der Waals surface area contributed by atoms with Gasteiger partial charge in [0, 0.05) is 31.5 Å². The van der Waals surface area contributed by atoms with E-state index in [1.807, 2.05) is 53.7 Å². The van der Waals surface area contributed by atoms with Crippen LogP contribution < -0.4 is 10.6 Å². The molecule has 1 aliphatic carbocycles. The summed E-state index contributed by atoms with van der Waals surface area (Å²) in [6.45, 7) is 12.0. The quantitative estimate of drug-likeness (QED) is 0.271. The Labute approximate surface area is 315 Å². The maximum Gasteiger partial charge on any atom is 0.407 e. The number of ether oxygens (including phenoxy) is 1. The van der Waals surface area contributed by atoms with Crippen LogP contribution in [0.1, 0.15) is 83.7 Å². The van der Waals surface area contributed by atoms with Gasteiger partial charge < -0.3 is 20.3 Å². The normalized spacial score (nSPS) is 14.5. The molecule has 2 fully saturated rings. The molecule has 11 nitrogen and oxygen atoms in total. The smallest absolute Gasteiger partial charge is 0.407 e. The van der Waals surface area contributed by atoms with Crippen LogP contribution in [0.3, 0.4) is 0 Å². The van der Waals surface area contributed by atoms with Crippen LogP contribution >= 0.6 is 0 Å². The number of hydrogen-bond donors (Lipinski definition) is 2. The van der Waals surface area contributed by atoms with Crippen molar-refractivity contribution in [3.05, 3.63) is 89.7 Å². The third-order valence-electron chi connectivity index (χ3n) is 7.50. The van der Waals surface area contributed by atoms with Crippen LogP contribution in [0, 0.1) is 5.82 Å². The lowest BCUT2D eigenvalue weighted by atomic mass is 10.0. The lowest BCUT2D eigenvalue weighted by Gasteiger charge is -2.26. The zero-order valence-electron chi connectivity index (χ0n) is 31.1. The summed E-state index contributed by atoms with van der Waals surface area (Å²) in [7, 11) is -6.33. The Hall–Kier alpha value is -4.30. The van der Waals surface area contributed by atoms with Crippen molar-refractivity contribution in [3.8, 4) is 11.1 Å². The lowest BCUT2D eigenvalue weighted by Crippen LogP contribution is -2.47. The third-order valence-corrected chi connectivity index (χ3v) is 10.2. The Bertz CT molecular complexity index is 1810. The molecule has 1 aliphatic heterocycles. The molecule has 0 unspecified atom stereocenters. The number of sulfone groups is 2. The van der Waals surface area contributed by atoms with Gasteiger partial charge in [0.1, 0.15) is 11.4 Å². The summed E-state index contributed by atoms with van der Waals surface area (Å²) >= 11 is 0. The van der Waals surface area contributed by atoms with Gasteiger partial charge in [-0.1, -0.05) is 57.7 Å². The van der Waals surface area contributed by atoms with Crippen LogP contribution in [0.25, 0.3) is 11.1 Å². The van der Waals surface area contributed by atoms with Crippen molar-refractivity contribution in [3.63, 3.8) is 0 Å². The molecule has 0 bridgehead atoms. The van der Waals surface area contributed by atoms with Crippen LogP contribution in [0.2, 0.25) is 0 Å². The van der Waals surface area contributed by atoms with Crippen molar-refractivity contribution < 1.29 is 40.3 Å². The van der Waals surface area contributed by atoms with E-state index in [0.717, 1.165) is 23.3 Å². The van der Waals surface area contributed by atoms with Crippen molar-refractivity contribution >= 4 is 37.6 Å². The van der Waals surface area contributed by atoms with Crippen molar-refractivity contribution in [1.82, 2.24) is 15.5 Å². The first-order valence-electron chi connectivity index (χ1n) is 17.3. The van der Waals surface area contributed by atoms with E-state index in [4.69, 9.17) is 4.74 Å². The Balaban J connectivity index is 0.000000497. The van der Waals surface area contributed by atoms with Crippen LogP contribution in [0.15, 0.2) is 77.7 Å². The molecule has 0 aromatic heterocycles. The average molecular weight is 778 g/mol. The summed E-state index contributed by atoms with van der Waals surface area (Å²) < 4.78 is 63.2. The van der Waals surface area contributed by atoms with Crippen molar-refractivity contribution in [2.75, 3.05) is 43.9 Å². The first kappa shape index (κ1) is 46.7. The molecule has 3 aromatic carbocycles. The van der Waals surface area contributed by atoms with Crippen molar-refractivity contribution in [2.45, 2.75) is 78.2 Å². The zero-order chi connectivity index (χ0) is 39.1. The third kappa shape index (κ3) is 17.4. The molecule has 3 amide bonds. The van der Waals surface area contributed by atoms with Gasteiger partial charge in [0.2, 0.25) is 5.91 Å². The zero-order valence-corrected chi connectivity index (χ0v) is 32.7. The highest BCUT2D eigenvalue weighted by atomic mass is 32.2. The van der Waals surface area contributed by atoms with Crippen LogP contribution in [-0.2, 0) is 29.2 Å². The van der Waals surface area contributed by atoms with E-state index >= 15 is 0 Å². The maximum atomic E-state index is 12.4. The van der Waals surface area contributed by atoms with Crippen LogP contribution in [0.4, 0.5) is 9.18 Å². The molecule has 1 saturated heterocycles. The summed E-state index contributed by atoms with van der Waals surface area (Å²) in [4.78, 5) is 36.8. The molecular weight excluding hydrogens is 722 g/mol. The number of halogens is 1. The highest BCUT2D eigenvalue weighted by Gasteiger charge is 2.25. The van der Waals surface area contributed by atoms with Crippen LogP contribution in [0.5, 0.6) is 0 Å². The molecule has 1 heterocycles. The van der Waals surface area contributed by atoms with E-state index in [9.17, 15) is 35.6 Å². The van der Waals surface area contributed by atoms with E-state index < -0.39 is 25.6 Å². The van der Waals surface area contributed by atoms with Gasteiger partial charge in [-0.05, 0) is 99.5 Å². The number of carbonyl (C=O) groups excluding carboxylic acids is 3. The molecule has 1 saturated carbocycles. The van der Waals surface area contributed by atoms with Gasteiger partial charge in [0.15, 0.2) is 19.7 Å². The molecule has 0 spiro atoms. The number of nitrogens with zero attached hydrogens (tertiary/aromatic N) is 1. The van der Waals surface area contributed by atoms with Gasteiger partial charge in [0.05, 0.1) is 22.9 Å². The standard InChI is InChI=1S/C20H22N2O6S2.C9H9F.C7H15NO2.C2H6.CH4/c1-29(25,26)18-8-6-16(7-9-18)15-2-4-17(5-3-15)20(24)21-14-19(23)22-10-12-30(27,28)13-11-22;10-9-5-3-8(4-6-9)7-1-2-7;1-5-8-6(9)10-7(2,3)4;1-2;/h2-9H,10-14H2,1H3,(H,21,24);3-7H,1-2H2;5H2,1-4H3,(H,8,9);1-2H3;1H4. The molecule has 294 valence electrons. The minimum Gasteiger partial charge on any atom is -0.444 e. The minimum atomic E-state index is -3.26. The van der Waals surface area contributed by atoms with Crippen molar-refractivity contribution in [2.24, 2.45) is 0 Å². The number of hydrogen-bond acceptors (Lipinski definition) is 8. The molecular formula is C39H56FN3O8S2. The molecule has 0 atom stereocenters. The monoisotopic (exact) mass is 777 g/mol. The fourth-order valence-electron chi connectivity index (χ4n) is 4.65. The summed E-state index contributed by atoms with van der Waals surface area (Å²) in [5, 5.41) is 5.09. The summed E-state index contributed by atoms with van der Waals surface area (Å²) in [6.07, 6.45) is 3.36. The fraction of sp³-hybridized carbons (Fsp3) is 0.462. The molecule has 53 heavy (non-hydrogen) atoms. The number of carbonyl (C=O) groups is 3. The number of alkyl carbamates (subject to hydrolysis) is 1. The number of amides is 3. The number of nitrogens with one attached hydrogen (secondary N) is 2. The van der Waals surface area contributed by atoms with E-state index in [1.165, 1.54) is 47.6 Å². The largest absolute Gasteiger partial charge is 0.444 e. The first-order chi connectivity index (χ1) is 24.4. The van der Waals surface area contributed by atoms with Gasteiger partial charge in [-0.2, -0.15) is 0 Å². The van der Waals surface area contributed by atoms with Gasteiger partial charge in [-0.25, -0.2) is 26.0 Å². The predicted octanol–water partition coefficient (Wildman–Crippen LogP) is 6.64. The summed E-state index contributed by atoms with van der Waals surface area (Å²) in [6, 6.07) is 20.0. The highest BCUT2D eigenvalue weighted by Crippen LogP contribution is 2.39. The van der Waals surface area contributed by atoms with Gasteiger partial charge >= 0.3 is 6.09 Å². The SMILES string of the molecule is C.CC.CCNC(=O)OC(C)(C)C.CS(=O)(=O)c1ccc(-c2ccc(C(=O)NCC(=O)N3CCS(=O)(=O)CC3)cc2)cc1.Fc1ccc(C2CC2)cc1. The molecule has 2 aliphatic rings. The molecule has 0 radical (unpaired) electrons. The highest BCUT2D eigenvalue weighted by molar-refractivity contribution is 7.91. The molecule has 3 aromatic rings. The Morgan fingerprint density at radius 2 is 1.34 bits per heavy atom. The number of benzene rings is 3. The average Bonchev–Trinajstić information content (AvgIpc) is 3.94. The van der Waals surface area contributed by atoms with Gasteiger partial charge in [0.25, 0.3) is 5.91 Å². The molecule has 2 N–H and O–H groups in total. The molecule has 5 rings (SSSR count). The topological polar surface area (TPSA) is 156 Å². The second-order valence-electron chi connectivity index (χ2n) is 12.9. The first-order valence-corrected chi connectivity index (χ1v) is 21.0. The lowest BCUT2D eigenvalue weighted by molar-refractivity contribution is -0.129. The van der Waals surface area contributed by atoms with Crippen molar-refractivity contribution in [1.29, 1.82) is 0 Å². The van der Waals surface area contributed by atoms with Crippen LogP contribution in [-0.4, -0.2) is 89.2 Å². The Kier molecular flexibility index (Phi) is 18.9. The van der Waals surface area contributed by atoms with Gasteiger partial charge in [-0.3, -0.25) is 9.59 Å². The second-order valence-corrected chi connectivity index (χ2v) is 17.3. The van der Waals surface area contributed by atoms with E-state index in [2.05, 4.69) is 10.6 Å². The summed E-state index contributed by atoms with van der Waals surface area (Å²) in [5.74, 6) is -0.240. The van der Waals surface area contributed by atoms with E-state index in [1.54, 1.807) is 36.4 Å². The Morgan fingerprint density at radius 3 is 1.77 bits per heavy atom. The molecule has 14 heteroatoms. The van der Waals surface area contributed by atoms with E-state index in [0.29, 0.717) is 12.1 Å². The fourth-order valence-corrected chi connectivity index (χ4v) is 6.48. The van der Waals surface area contributed by atoms with E-state index in [-0.39, 0.29) is 66.9 Å².